The van der Waals surface area contributed by atoms with Gasteiger partial charge in [0.05, 0.1) is 12.2 Å². The molecule has 1 N–H and O–H groups in total. The van der Waals surface area contributed by atoms with Crippen LogP contribution in [-0.4, -0.2) is 47.2 Å². The lowest BCUT2D eigenvalue weighted by Gasteiger charge is -2.54. The van der Waals surface area contributed by atoms with Gasteiger partial charge in [0.15, 0.2) is 6.04 Å². The molecule has 1 aliphatic heterocycles. The molecule has 0 radical (unpaired) electrons. The van der Waals surface area contributed by atoms with Gasteiger partial charge < -0.3 is 14.6 Å². The van der Waals surface area contributed by atoms with E-state index in [4.69, 9.17) is 9.47 Å². The molecule has 6 fully saturated rings. The fourth-order valence-corrected chi connectivity index (χ4v) is 7.03. The van der Waals surface area contributed by atoms with Crippen molar-refractivity contribution in [3.8, 4) is 5.75 Å². The van der Waals surface area contributed by atoms with Gasteiger partial charge in [0.25, 0.3) is 5.91 Å². The van der Waals surface area contributed by atoms with E-state index in [-0.39, 0.29) is 11.5 Å². The Morgan fingerprint density at radius 3 is 2.36 bits per heavy atom. The fraction of sp³-hybridized carbons (Fsp3) is 0.640. The number of carbonyl (C=O) groups excluding carboxylic acids is 2. The van der Waals surface area contributed by atoms with E-state index in [2.05, 4.69) is 0 Å². The normalized spacial score (nSPS) is 34.5. The second-order valence-corrected chi connectivity index (χ2v) is 10.7. The van der Waals surface area contributed by atoms with Crippen LogP contribution in [0.2, 0.25) is 0 Å². The molecule has 6 aliphatic rings. The van der Waals surface area contributed by atoms with E-state index in [0.29, 0.717) is 35.0 Å². The van der Waals surface area contributed by atoms with Crippen LogP contribution in [0.4, 0.5) is 9.18 Å². The molecule has 1 atom stereocenters. The minimum atomic E-state index is -1.46. The molecule has 7 nitrogen and oxygen atoms in total. The number of aliphatic carboxylic acids is 1. The van der Waals surface area contributed by atoms with Gasteiger partial charge in [-0.2, -0.15) is 0 Å². The minimum absolute atomic E-state index is 0.187. The Morgan fingerprint density at radius 1 is 1.09 bits per heavy atom. The maximum atomic E-state index is 15.1. The van der Waals surface area contributed by atoms with Gasteiger partial charge in [-0.25, -0.2) is 18.9 Å². The average molecular weight is 457 g/mol. The zero-order valence-corrected chi connectivity index (χ0v) is 18.4. The summed E-state index contributed by atoms with van der Waals surface area (Å²) in [7, 11) is 0. The van der Waals surface area contributed by atoms with E-state index in [1.165, 1.54) is 44.2 Å². The highest BCUT2D eigenvalue weighted by molar-refractivity contribution is 6.06. The Labute approximate surface area is 191 Å². The Balaban J connectivity index is 1.24. The molecular weight excluding hydrogens is 429 g/mol. The number of amides is 2. The highest BCUT2D eigenvalue weighted by Gasteiger charge is 2.48. The lowest BCUT2D eigenvalue weighted by Crippen LogP contribution is -2.47. The molecule has 1 aromatic carbocycles. The number of carbonyl (C=O) groups is 3. The van der Waals surface area contributed by atoms with Gasteiger partial charge in [-0.1, -0.05) is 0 Å². The van der Waals surface area contributed by atoms with Crippen molar-refractivity contribution in [2.24, 2.45) is 29.6 Å². The number of nitrogens with zero attached hydrogens (tertiary/aromatic N) is 1. The molecule has 7 rings (SSSR count). The number of rotatable bonds is 6. The predicted octanol–water partition coefficient (Wildman–Crippen LogP) is 4.20. The second kappa shape index (κ2) is 7.71. The fourth-order valence-electron chi connectivity index (χ4n) is 7.03. The molecule has 4 bridgehead atoms. The highest BCUT2D eigenvalue weighted by atomic mass is 19.1. The lowest BCUT2D eigenvalue weighted by molar-refractivity contribution is -0.140. The largest absolute Gasteiger partial charge is 0.493 e. The quantitative estimate of drug-likeness (QED) is 0.688. The second-order valence-electron chi connectivity index (χ2n) is 10.7. The number of hydrogen-bond donors (Lipinski definition) is 1. The first-order valence-corrected chi connectivity index (χ1v) is 12.1. The summed E-state index contributed by atoms with van der Waals surface area (Å²) in [6, 6.07) is 1.24. The molecule has 5 saturated carbocycles. The number of carboxylic acid groups (broad SMARTS) is 1. The topological polar surface area (TPSA) is 93.1 Å². The first-order valence-electron chi connectivity index (χ1n) is 12.1. The van der Waals surface area contributed by atoms with Gasteiger partial charge >= 0.3 is 12.1 Å². The van der Waals surface area contributed by atoms with E-state index >= 15 is 4.39 Å². The molecule has 1 saturated heterocycles. The summed E-state index contributed by atoms with van der Waals surface area (Å²) in [6.45, 7) is 0.129. The zero-order chi connectivity index (χ0) is 22.9. The zero-order valence-electron chi connectivity index (χ0n) is 18.4. The summed E-state index contributed by atoms with van der Waals surface area (Å²) in [5.41, 5.74) is 0.451. The number of carboxylic acids is 1. The molecule has 1 aromatic rings. The standard InChI is InChI=1S/C25H28FNO6/c26-20-9-22(32-10-19-15-4-12-3-13(6-15)7-16(19)5-12)17(14-1-2-14)8-18(20)23(28)27-21(24(29)30)11-33-25(27)31/h8-9,12-16,19,21H,1-7,10-11H2,(H,29,30)/t12?,13?,15?,16?,19?,21-/m0/s1. The van der Waals surface area contributed by atoms with Crippen LogP contribution in [0.5, 0.6) is 5.75 Å². The van der Waals surface area contributed by atoms with Crippen LogP contribution >= 0.6 is 0 Å². The minimum Gasteiger partial charge on any atom is -0.493 e. The third-order valence-electron chi connectivity index (χ3n) is 8.58. The first kappa shape index (κ1) is 20.9. The highest BCUT2D eigenvalue weighted by Crippen LogP contribution is 2.56. The Kier molecular flexibility index (Phi) is 4.89. The van der Waals surface area contributed by atoms with Gasteiger partial charge in [0.1, 0.15) is 18.2 Å². The predicted molar refractivity (Wildman–Crippen MR) is 113 cm³/mol. The van der Waals surface area contributed by atoms with Gasteiger partial charge in [-0.15, -0.1) is 0 Å². The van der Waals surface area contributed by atoms with Crippen molar-refractivity contribution in [2.75, 3.05) is 13.2 Å². The molecule has 2 amide bonds. The third-order valence-corrected chi connectivity index (χ3v) is 8.58. The number of halogens is 1. The first-order chi connectivity index (χ1) is 15.9. The smallest absolute Gasteiger partial charge is 0.417 e. The van der Waals surface area contributed by atoms with Crippen LogP contribution in [0.3, 0.4) is 0 Å². The van der Waals surface area contributed by atoms with Crippen LogP contribution in [-0.2, 0) is 9.53 Å². The molecule has 5 aliphatic carbocycles. The van der Waals surface area contributed by atoms with Gasteiger partial charge in [0, 0.05) is 6.07 Å². The van der Waals surface area contributed by atoms with E-state index in [9.17, 15) is 19.5 Å². The van der Waals surface area contributed by atoms with E-state index in [1.54, 1.807) is 0 Å². The third kappa shape index (κ3) is 3.58. The van der Waals surface area contributed by atoms with Crippen molar-refractivity contribution in [3.63, 3.8) is 0 Å². The van der Waals surface area contributed by atoms with Crippen LogP contribution < -0.4 is 4.74 Å². The average Bonchev–Trinajstić information content (AvgIpc) is 3.53. The summed E-state index contributed by atoms with van der Waals surface area (Å²) in [6.07, 6.45) is 7.32. The van der Waals surface area contributed by atoms with Crippen molar-refractivity contribution in [1.29, 1.82) is 0 Å². The van der Waals surface area contributed by atoms with Crippen LogP contribution in [0.15, 0.2) is 12.1 Å². The molecule has 0 spiro atoms. The van der Waals surface area contributed by atoms with Crippen LogP contribution in [0.1, 0.15) is 66.8 Å². The number of benzene rings is 1. The van der Waals surface area contributed by atoms with Crippen molar-refractivity contribution < 1.29 is 33.4 Å². The van der Waals surface area contributed by atoms with Crippen LogP contribution in [0.25, 0.3) is 0 Å². The Hall–Kier alpha value is -2.64. The summed E-state index contributed by atoms with van der Waals surface area (Å²) in [4.78, 5) is 36.8. The maximum Gasteiger partial charge on any atom is 0.417 e. The van der Waals surface area contributed by atoms with E-state index in [1.807, 2.05) is 0 Å². The number of ether oxygens (including phenoxy) is 2. The molecule has 8 heteroatoms. The van der Waals surface area contributed by atoms with Crippen molar-refractivity contribution in [3.05, 3.63) is 29.1 Å². The molecule has 1 heterocycles. The van der Waals surface area contributed by atoms with Crippen molar-refractivity contribution in [1.82, 2.24) is 4.90 Å². The molecule has 0 aromatic heterocycles. The molecule has 0 unspecified atom stereocenters. The van der Waals surface area contributed by atoms with Gasteiger partial charge in [-0.3, -0.25) is 4.79 Å². The number of imide groups is 1. The summed E-state index contributed by atoms with van der Waals surface area (Å²) in [5.74, 6) is 1.14. The molecular formula is C25H28FNO6. The van der Waals surface area contributed by atoms with Crippen molar-refractivity contribution in [2.45, 2.75) is 56.9 Å². The number of hydrogen-bond acceptors (Lipinski definition) is 5. The van der Waals surface area contributed by atoms with E-state index < -0.39 is 36.4 Å². The van der Waals surface area contributed by atoms with Gasteiger partial charge in [0.2, 0.25) is 0 Å². The van der Waals surface area contributed by atoms with Crippen molar-refractivity contribution >= 4 is 18.0 Å². The van der Waals surface area contributed by atoms with E-state index in [0.717, 1.165) is 30.2 Å². The summed E-state index contributed by atoms with van der Waals surface area (Å²) >= 11 is 0. The Bertz CT molecular complexity index is 992. The molecule has 176 valence electrons. The summed E-state index contributed by atoms with van der Waals surface area (Å²) < 4.78 is 26.1. The van der Waals surface area contributed by atoms with Crippen LogP contribution in [0, 0.1) is 35.4 Å². The molecule has 33 heavy (non-hydrogen) atoms. The number of cyclic esters (lactones) is 1. The van der Waals surface area contributed by atoms with Gasteiger partial charge in [-0.05, 0) is 92.1 Å². The summed E-state index contributed by atoms with van der Waals surface area (Å²) in [5, 5.41) is 9.30. The SMILES string of the molecule is O=C(O)[C@@H]1COC(=O)N1C(=O)c1cc(C2CC2)c(OCC2C3CC4CC(C3)CC2C4)cc1F. The monoisotopic (exact) mass is 457 g/mol. The Morgan fingerprint density at radius 2 is 1.76 bits per heavy atom. The lowest BCUT2D eigenvalue weighted by atomic mass is 9.52. The maximum absolute atomic E-state index is 15.1.